The average molecular weight is 333 g/mol. The van der Waals surface area contributed by atoms with E-state index in [9.17, 15) is 14.3 Å². The van der Waals surface area contributed by atoms with Gasteiger partial charge in [-0.05, 0) is 43.4 Å². The number of imidazole rings is 1. The standard InChI is InChI=1S/C17H20FN3O3/c1-9-8-19-16(20-9)17(23)21-15(11-5-12(22)6-11)10-3-4-14(24-2)13(18)7-10/h3-4,7-8,11-12,15,22H,5-6H2,1-2H3,(H,19,20)(H,21,23)/t11?,12?,15-/m1/s1. The number of H-pyrrole nitrogens is 1. The number of methoxy groups -OCH3 is 1. The number of nitrogens with zero attached hydrogens (tertiary/aromatic N) is 1. The molecule has 128 valence electrons. The van der Waals surface area contributed by atoms with Gasteiger partial charge in [0, 0.05) is 11.9 Å². The van der Waals surface area contributed by atoms with Crippen molar-refractivity contribution >= 4 is 5.91 Å². The van der Waals surface area contributed by atoms with Crippen LogP contribution in [0.15, 0.2) is 24.4 Å². The van der Waals surface area contributed by atoms with Gasteiger partial charge in [-0.25, -0.2) is 9.37 Å². The molecule has 1 aromatic carbocycles. The summed E-state index contributed by atoms with van der Waals surface area (Å²) in [5.41, 5.74) is 1.42. The van der Waals surface area contributed by atoms with E-state index in [1.165, 1.54) is 19.2 Å². The number of aromatic nitrogens is 2. The number of rotatable bonds is 5. The number of aliphatic hydroxyl groups is 1. The lowest BCUT2D eigenvalue weighted by atomic mass is 9.75. The van der Waals surface area contributed by atoms with E-state index >= 15 is 0 Å². The Kier molecular flexibility index (Phi) is 4.53. The molecule has 1 aliphatic carbocycles. The highest BCUT2D eigenvalue weighted by Crippen LogP contribution is 2.39. The highest BCUT2D eigenvalue weighted by atomic mass is 19.1. The molecule has 1 fully saturated rings. The van der Waals surface area contributed by atoms with Crippen molar-refractivity contribution in [1.29, 1.82) is 0 Å². The summed E-state index contributed by atoms with van der Waals surface area (Å²) in [4.78, 5) is 19.3. The smallest absolute Gasteiger partial charge is 0.287 e. The number of halogens is 1. The van der Waals surface area contributed by atoms with E-state index in [4.69, 9.17) is 4.74 Å². The Hall–Kier alpha value is -2.41. The molecule has 0 aliphatic heterocycles. The lowest BCUT2D eigenvalue weighted by Crippen LogP contribution is -2.41. The molecule has 6 nitrogen and oxygen atoms in total. The fourth-order valence-electron chi connectivity index (χ4n) is 2.99. The molecule has 7 heteroatoms. The van der Waals surface area contributed by atoms with Crippen molar-refractivity contribution in [2.45, 2.75) is 31.9 Å². The van der Waals surface area contributed by atoms with Crippen LogP contribution in [0.25, 0.3) is 0 Å². The average Bonchev–Trinajstić information content (AvgIpc) is 2.96. The number of benzene rings is 1. The quantitative estimate of drug-likeness (QED) is 0.782. The molecule has 1 saturated carbocycles. The van der Waals surface area contributed by atoms with E-state index < -0.39 is 11.9 Å². The van der Waals surface area contributed by atoms with Crippen molar-refractivity contribution in [2.75, 3.05) is 7.11 Å². The topological polar surface area (TPSA) is 87.2 Å². The van der Waals surface area contributed by atoms with E-state index in [1.807, 2.05) is 6.92 Å². The molecular weight excluding hydrogens is 313 g/mol. The molecule has 2 aromatic rings. The molecule has 0 spiro atoms. The van der Waals surface area contributed by atoms with Crippen molar-refractivity contribution in [1.82, 2.24) is 15.3 Å². The summed E-state index contributed by atoms with van der Waals surface area (Å²) >= 11 is 0. The third kappa shape index (κ3) is 3.26. The van der Waals surface area contributed by atoms with Gasteiger partial charge in [0.25, 0.3) is 5.91 Å². The van der Waals surface area contributed by atoms with Crippen LogP contribution in [0.5, 0.6) is 5.75 Å². The van der Waals surface area contributed by atoms with E-state index in [2.05, 4.69) is 15.3 Å². The van der Waals surface area contributed by atoms with Gasteiger partial charge >= 0.3 is 0 Å². The first-order valence-electron chi connectivity index (χ1n) is 7.82. The molecule has 24 heavy (non-hydrogen) atoms. The zero-order valence-corrected chi connectivity index (χ0v) is 13.5. The van der Waals surface area contributed by atoms with Crippen LogP contribution in [-0.4, -0.2) is 34.2 Å². The van der Waals surface area contributed by atoms with Crippen LogP contribution in [0.2, 0.25) is 0 Å². The number of carbonyl (C=O) groups is 1. The largest absolute Gasteiger partial charge is 0.494 e. The molecule has 1 aliphatic rings. The molecular formula is C17H20FN3O3. The summed E-state index contributed by atoms with van der Waals surface area (Å²) in [7, 11) is 1.40. The Labute approximate surface area is 139 Å². The number of aryl methyl sites for hydroxylation is 1. The summed E-state index contributed by atoms with van der Waals surface area (Å²) in [5.74, 6) is -0.424. The van der Waals surface area contributed by atoms with Crippen LogP contribution in [0.4, 0.5) is 4.39 Å². The number of ether oxygens (including phenoxy) is 1. The van der Waals surface area contributed by atoms with Crippen LogP contribution in [-0.2, 0) is 0 Å². The maximum atomic E-state index is 14.0. The van der Waals surface area contributed by atoms with E-state index in [1.54, 1.807) is 12.3 Å². The Morgan fingerprint density at radius 1 is 1.50 bits per heavy atom. The fourth-order valence-corrected chi connectivity index (χ4v) is 2.99. The molecule has 0 radical (unpaired) electrons. The van der Waals surface area contributed by atoms with Crippen molar-refractivity contribution in [3.8, 4) is 5.75 Å². The summed E-state index contributed by atoms with van der Waals surface area (Å²) in [6.07, 6.45) is 2.33. The first-order valence-corrected chi connectivity index (χ1v) is 7.82. The zero-order valence-electron chi connectivity index (χ0n) is 13.5. The molecule has 0 unspecified atom stereocenters. The molecule has 3 N–H and O–H groups in total. The Morgan fingerprint density at radius 2 is 2.25 bits per heavy atom. The number of amides is 1. The van der Waals surface area contributed by atoms with Crippen LogP contribution >= 0.6 is 0 Å². The molecule has 1 aromatic heterocycles. The van der Waals surface area contributed by atoms with Crippen LogP contribution < -0.4 is 10.1 Å². The summed E-state index contributed by atoms with van der Waals surface area (Å²) in [6, 6.07) is 4.23. The Bertz CT molecular complexity index is 740. The number of carbonyl (C=O) groups excluding carboxylic acids is 1. The monoisotopic (exact) mass is 333 g/mol. The third-order valence-corrected chi connectivity index (χ3v) is 4.36. The highest BCUT2D eigenvalue weighted by Gasteiger charge is 2.36. The number of hydrogen-bond donors (Lipinski definition) is 3. The fraction of sp³-hybridized carbons (Fsp3) is 0.412. The third-order valence-electron chi connectivity index (χ3n) is 4.36. The van der Waals surface area contributed by atoms with Crippen molar-refractivity contribution in [3.05, 3.63) is 47.3 Å². The molecule has 0 bridgehead atoms. The van der Waals surface area contributed by atoms with Crippen LogP contribution in [0.3, 0.4) is 0 Å². The summed E-state index contributed by atoms with van der Waals surface area (Å²) in [5, 5.41) is 12.5. The van der Waals surface area contributed by atoms with E-state index in [0.717, 1.165) is 5.69 Å². The number of aromatic amines is 1. The highest BCUT2D eigenvalue weighted by molar-refractivity contribution is 5.90. The Balaban J connectivity index is 1.83. The van der Waals surface area contributed by atoms with Gasteiger partial charge in [0.1, 0.15) is 0 Å². The van der Waals surface area contributed by atoms with Gasteiger partial charge in [0.15, 0.2) is 17.4 Å². The maximum absolute atomic E-state index is 14.0. The van der Waals surface area contributed by atoms with Crippen molar-refractivity contribution < 1.29 is 19.0 Å². The summed E-state index contributed by atoms with van der Waals surface area (Å²) in [6.45, 7) is 1.81. The number of hydrogen-bond acceptors (Lipinski definition) is 4. The van der Waals surface area contributed by atoms with Crippen molar-refractivity contribution in [2.24, 2.45) is 5.92 Å². The van der Waals surface area contributed by atoms with Gasteiger partial charge in [-0.2, -0.15) is 0 Å². The minimum absolute atomic E-state index is 0.0489. The first kappa shape index (κ1) is 16.4. The minimum atomic E-state index is -0.483. The van der Waals surface area contributed by atoms with Crippen molar-refractivity contribution in [3.63, 3.8) is 0 Å². The van der Waals surface area contributed by atoms with Gasteiger partial charge in [0.05, 0.1) is 19.3 Å². The number of nitrogens with one attached hydrogen (secondary N) is 2. The second-order valence-electron chi connectivity index (χ2n) is 6.15. The van der Waals surface area contributed by atoms with Gasteiger partial charge in [0.2, 0.25) is 0 Å². The predicted octanol–water partition coefficient (Wildman–Crippen LogP) is 2.11. The second-order valence-corrected chi connectivity index (χ2v) is 6.15. The second kappa shape index (κ2) is 6.60. The molecule has 1 amide bonds. The lowest BCUT2D eigenvalue weighted by molar-refractivity contribution is 0.0233. The predicted molar refractivity (Wildman–Crippen MR) is 85.2 cm³/mol. The molecule has 0 saturated heterocycles. The van der Waals surface area contributed by atoms with E-state index in [-0.39, 0.29) is 29.5 Å². The van der Waals surface area contributed by atoms with Gasteiger partial charge in [-0.3, -0.25) is 4.79 Å². The summed E-state index contributed by atoms with van der Waals surface area (Å²) < 4.78 is 19.0. The minimum Gasteiger partial charge on any atom is -0.494 e. The zero-order chi connectivity index (χ0) is 17.3. The lowest BCUT2D eigenvalue weighted by Gasteiger charge is -2.38. The van der Waals surface area contributed by atoms with Gasteiger partial charge in [-0.1, -0.05) is 6.07 Å². The maximum Gasteiger partial charge on any atom is 0.287 e. The SMILES string of the molecule is COc1ccc([C@@H](NC(=O)c2ncc(C)[nH]2)C2CC(O)C2)cc1F. The molecule has 1 heterocycles. The van der Waals surface area contributed by atoms with Gasteiger partial charge < -0.3 is 20.1 Å². The molecule has 3 rings (SSSR count). The Morgan fingerprint density at radius 3 is 2.79 bits per heavy atom. The normalized spacial score (nSPS) is 21.0. The first-order chi connectivity index (χ1) is 11.5. The van der Waals surface area contributed by atoms with Gasteiger partial charge in [-0.15, -0.1) is 0 Å². The van der Waals surface area contributed by atoms with Crippen LogP contribution in [0.1, 0.15) is 40.8 Å². The van der Waals surface area contributed by atoms with E-state index in [0.29, 0.717) is 18.4 Å². The number of aliphatic hydroxyl groups excluding tert-OH is 1. The van der Waals surface area contributed by atoms with Crippen LogP contribution in [0, 0.1) is 18.7 Å². The molecule has 1 atom stereocenters.